The molecule has 0 aromatic rings. The van der Waals surface area contributed by atoms with Gasteiger partial charge in [0.25, 0.3) is 0 Å². The van der Waals surface area contributed by atoms with E-state index in [-0.39, 0.29) is 5.41 Å². The lowest BCUT2D eigenvalue weighted by Gasteiger charge is -2.28. The van der Waals surface area contributed by atoms with E-state index in [1.54, 1.807) is 0 Å². The third-order valence-corrected chi connectivity index (χ3v) is 2.30. The smallest absolute Gasteiger partial charge is 0.0418 e. The van der Waals surface area contributed by atoms with Gasteiger partial charge in [0, 0.05) is 17.8 Å². The highest BCUT2D eigenvalue weighted by atomic mass is 14.5. The third-order valence-electron chi connectivity index (χ3n) is 2.30. The zero-order valence-electron chi connectivity index (χ0n) is 7.65. The van der Waals surface area contributed by atoms with Gasteiger partial charge in [-0.3, -0.25) is 0 Å². The predicted molar refractivity (Wildman–Crippen MR) is 49.7 cm³/mol. The lowest BCUT2D eigenvalue weighted by Crippen LogP contribution is -2.30. The SMILES string of the molecule is CCCC(C=N)(C=N)C(C)C. The van der Waals surface area contributed by atoms with E-state index in [1.165, 1.54) is 12.4 Å². The van der Waals surface area contributed by atoms with Crippen molar-refractivity contribution in [2.75, 3.05) is 0 Å². The highest BCUT2D eigenvalue weighted by Gasteiger charge is 2.27. The second-order valence-corrected chi connectivity index (χ2v) is 3.31. The van der Waals surface area contributed by atoms with E-state index in [2.05, 4.69) is 20.8 Å². The zero-order valence-corrected chi connectivity index (χ0v) is 7.65. The largest absolute Gasteiger partial charge is 0.312 e. The van der Waals surface area contributed by atoms with Gasteiger partial charge >= 0.3 is 0 Å². The van der Waals surface area contributed by atoms with Gasteiger partial charge < -0.3 is 10.8 Å². The van der Waals surface area contributed by atoms with Gasteiger partial charge in [-0.2, -0.15) is 0 Å². The van der Waals surface area contributed by atoms with Crippen LogP contribution in [0.2, 0.25) is 0 Å². The molecule has 0 saturated heterocycles. The summed E-state index contributed by atoms with van der Waals surface area (Å²) in [5, 5.41) is 14.5. The first kappa shape index (κ1) is 10.3. The van der Waals surface area contributed by atoms with Crippen LogP contribution < -0.4 is 0 Å². The Bertz CT molecular complexity index is 130. The summed E-state index contributed by atoms with van der Waals surface area (Å²) in [6.07, 6.45) is 4.77. The second-order valence-electron chi connectivity index (χ2n) is 3.31. The summed E-state index contributed by atoms with van der Waals surface area (Å²) in [4.78, 5) is 0. The number of hydrogen-bond donors (Lipinski definition) is 2. The molecule has 0 amide bonds. The lowest BCUT2D eigenvalue weighted by molar-refractivity contribution is 0.390. The topological polar surface area (TPSA) is 47.7 Å². The molecule has 0 unspecified atom stereocenters. The highest BCUT2D eigenvalue weighted by molar-refractivity contribution is 5.86. The highest BCUT2D eigenvalue weighted by Crippen LogP contribution is 2.28. The zero-order chi connectivity index (χ0) is 8.91. The van der Waals surface area contributed by atoms with Crippen molar-refractivity contribution in [2.45, 2.75) is 33.6 Å². The molecule has 64 valence electrons. The molecule has 0 aromatic carbocycles. The Hall–Kier alpha value is -0.660. The minimum absolute atomic E-state index is 0.283. The Morgan fingerprint density at radius 1 is 1.27 bits per heavy atom. The van der Waals surface area contributed by atoms with E-state index in [1.807, 2.05) is 0 Å². The molecule has 2 nitrogen and oxygen atoms in total. The van der Waals surface area contributed by atoms with E-state index in [4.69, 9.17) is 10.8 Å². The van der Waals surface area contributed by atoms with E-state index in [0.717, 1.165) is 12.8 Å². The molecular formula is C9H18N2. The Balaban J connectivity index is 4.45. The summed E-state index contributed by atoms with van der Waals surface area (Å²) in [5.41, 5.74) is -0.283. The third kappa shape index (κ3) is 2.14. The van der Waals surface area contributed by atoms with E-state index in [0.29, 0.717) is 5.92 Å². The molecule has 0 heterocycles. The van der Waals surface area contributed by atoms with Crippen molar-refractivity contribution in [3.05, 3.63) is 0 Å². The Labute approximate surface area is 69.0 Å². The summed E-state index contributed by atoms with van der Waals surface area (Å²) < 4.78 is 0. The maximum absolute atomic E-state index is 7.27. The van der Waals surface area contributed by atoms with E-state index in [9.17, 15) is 0 Å². The van der Waals surface area contributed by atoms with Crippen molar-refractivity contribution >= 4 is 12.4 Å². The molecular weight excluding hydrogens is 136 g/mol. The van der Waals surface area contributed by atoms with Crippen LogP contribution in [0.15, 0.2) is 0 Å². The molecule has 0 rings (SSSR count). The van der Waals surface area contributed by atoms with Gasteiger partial charge in [0.1, 0.15) is 0 Å². The Kier molecular flexibility index (Phi) is 4.01. The van der Waals surface area contributed by atoms with Crippen molar-refractivity contribution < 1.29 is 0 Å². The van der Waals surface area contributed by atoms with Gasteiger partial charge in [-0.05, 0) is 12.3 Å². The van der Waals surface area contributed by atoms with Crippen molar-refractivity contribution in [1.82, 2.24) is 0 Å². The summed E-state index contributed by atoms with van der Waals surface area (Å²) in [5.74, 6) is 0.359. The van der Waals surface area contributed by atoms with Crippen molar-refractivity contribution in [2.24, 2.45) is 11.3 Å². The molecule has 0 aliphatic rings. The number of nitrogens with one attached hydrogen (secondary N) is 2. The molecule has 0 aromatic heterocycles. The summed E-state index contributed by atoms with van der Waals surface area (Å²) in [6.45, 7) is 6.21. The van der Waals surface area contributed by atoms with Gasteiger partial charge in [0.2, 0.25) is 0 Å². The summed E-state index contributed by atoms with van der Waals surface area (Å²) in [7, 11) is 0. The first-order chi connectivity index (χ1) is 5.13. The maximum Gasteiger partial charge on any atom is 0.0418 e. The van der Waals surface area contributed by atoms with Crippen LogP contribution in [0.3, 0.4) is 0 Å². The molecule has 0 fully saturated rings. The van der Waals surface area contributed by atoms with Gasteiger partial charge in [-0.15, -0.1) is 0 Å². The van der Waals surface area contributed by atoms with E-state index < -0.39 is 0 Å². The average Bonchev–Trinajstić information content (AvgIpc) is 2.00. The number of rotatable bonds is 5. The van der Waals surface area contributed by atoms with Gasteiger partial charge in [-0.25, -0.2) is 0 Å². The van der Waals surface area contributed by atoms with Crippen LogP contribution in [0.4, 0.5) is 0 Å². The fourth-order valence-corrected chi connectivity index (χ4v) is 1.24. The molecule has 2 heteroatoms. The molecule has 0 atom stereocenters. The predicted octanol–water partition coefficient (Wildman–Crippen LogP) is 2.73. The molecule has 0 saturated carbocycles. The van der Waals surface area contributed by atoms with Gasteiger partial charge in [0.05, 0.1) is 0 Å². The van der Waals surface area contributed by atoms with Crippen LogP contribution >= 0.6 is 0 Å². The first-order valence-corrected chi connectivity index (χ1v) is 4.16. The van der Waals surface area contributed by atoms with Crippen molar-refractivity contribution in [3.8, 4) is 0 Å². The second kappa shape index (κ2) is 4.27. The molecule has 2 N–H and O–H groups in total. The monoisotopic (exact) mass is 154 g/mol. The van der Waals surface area contributed by atoms with Crippen LogP contribution in [0.25, 0.3) is 0 Å². The molecule has 0 bridgehead atoms. The first-order valence-electron chi connectivity index (χ1n) is 4.16. The fraction of sp³-hybridized carbons (Fsp3) is 0.778. The van der Waals surface area contributed by atoms with Crippen LogP contribution in [0, 0.1) is 22.2 Å². The normalized spacial score (nSPS) is 16.0. The average molecular weight is 154 g/mol. The summed E-state index contributed by atoms with van der Waals surface area (Å²) in [6, 6.07) is 0. The minimum Gasteiger partial charge on any atom is -0.312 e. The van der Waals surface area contributed by atoms with Crippen LogP contribution in [-0.4, -0.2) is 12.4 Å². The fourth-order valence-electron chi connectivity index (χ4n) is 1.24. The lowest BCUT2D eigenvalue weighted by atomic mass is 9.76. The van der Waals surface area contributed by atoms with Gasteiger partial charge in [0.15, 0.2) is 0 Å². The van der Waals surface area contributed by atoms with Gasteiger partial charge in [-0.1, -0.05) is 27.2 Å². The standard InChI is InChI=1S/C9H18N2/c1-4-5-9(6-10,7-11)8(2)3/h6-8,10-11H,4-5H2,1-3H3. The van der Waals surface area contributed by atoms with Crippen LogP contribution in [-0.2, 0) is 0 Å². The summed E-state index contributed by atoms with van der Waals surface area (Å²) >= 11 is 0. The van der Waals surface area contributed by atoms with Crippen LogP contribution in [0.5, 0.6) is 0 Å². The van der Waals surface area contributed by atoms with Crippen LogP contribution in [0.1, 0.15) is 33.6 Å². The Morgan fingerprint density at radius 2 is 1.73 bits per heavy atom. The molecule has 11 heavy (non-hydrogen) atoms. The van der Waals surface area contributed by atoms with Crippen molar-refractivity contribution in [3.63, 3.8) is 0 Å². The number of hydrogen-bond acceptors (Lipinski definition) is 2. The molecule has 0 spiro atoms. The van der Waals surface area contributed by atoms with E-state index >= 15 is 0 Å². The Morgan fingerprint density at radius 3 is 1.82 bits per heavy atom. The molecule has 0 radical (unpaired) electrons. The van der Waals surface area contributed by atoms with Crippen molar-refractivity contribution in [1.29, 1.82) is 10.8 Å². The molecule has 0 aliphatic carbocycles. The quantitative estimate of drug-likeness (QED) is 0.572. The minimum atomic E-state index is -0.283. The molecule has 0 aliphatic heterocycles. The maximum atomic E-state index is 7.27.